The highest BCUT2D eigenvalue weighted by atomic mass is 16.3. The van der Waals surface area contributed by atoms with Crippen molar-refractivity contribution in [2.45, 2.75) is 19.8 Å². The van der Waals surface area contributed by atoms with Crippen molar-refractivity contribution >= 4 is 34.6 Å². The number of rotatable bonds is 7. The van der Waals surface area contributed by atoms with E-state index in [-0.39, 0.29) is 11.7 Å². The molecular weight excluding hydrogens is 478 g/mol. The van der Waals surface area contributed by atoms with Crippen molar-refractivity contribution < 1.29 is 14.0 Å². The van der Waals surface area contributed by atoms with Gasteiger partial charge in [0.1, 0.15) is 17.2 Å². The molecule has 0 spiro atoms. The summed E-state index contributed by atoms with van der Waals surface area (Å²) in [4.78, 5) is 37.9. The number of nitrogens with two attached hydrogens (primary N) is 1. The molecule has 0 aliphatic carbocycles. The van der Waals surface area contributed by atoms with Gasteiger partial charge in [0.05, 0.1) is 11.3 Å². The van der Waals surface area contributed by atoms with Gasteiger partial charge in [0.25, 0.3) is 5.91 Å². The minimum absolute atomic E-state index is 0.00935. The van der Waals surface area contributed by atoms with Crippen LogP contribution in [-0.4, -0.2) is 64.7 Å². The lowest BCUT2D eigenvalue weighted by Crippen LogP contribution is -2.47. The van der Waals surface area contributed by atoms with Gasteiger partial charge in [-0.3, -0.25) is 14.6 Å². The number of carbonyl (C=O) groups excluding carboxylic acids is 2. The first kappa shape index (κ1) is 25.4. The number of aryl methyl sites for hydroxylation is 2. The summed E-state index contributed by atoms with van der Waals surface area (Å²) in [6.07, 6.45) is 7.44. The second-order valence-corrected chi connectivity index (χ2v) is 9.77. The maximum absolute atomic E-state index is 12.8. The lowest BCUT2D eigenvalue weighted by molar-refractivity contribution is -0.114. The number of hydrogen-bond acceptors (Lipinski definition) is 7. The van der Waals surface area contributed by atoms with E-state index in [2.05, 4.69) is 21.9 Å². The molecule has 4 aromatic rings. The fourth-order valence-corrected chi connectivity index (χ4v) is 4.57. The van der Waals surface area contributed by atoms with Crippen molar-refractivity contribution in [1.29, 1.82) is 0 Å². The average Bonchev–Trinajstić information content (AvgIpc) is 3.35. The third-order valence-electron chi connectivity index (χ3n) is 6.84. The van der Waals surface area contributed by atoms with Crippen LogP contribution in [0.5, 0.6) is 0 Å². The Morgan fingerprint density at radius 3 is 2.55 bits per heavy atom. The normalized spacial score (nSPS) is 14.4. The maximum Gasteiger partial charge on any atom is 0.255 e. The van der Waals surface area contributed by atoms with Gasteiger partial charge in [0.2, 0.25) is 0 Å². The smallest absolute Gasteiger partial charge is 0.255 e. The number of anilines is 1. The number of piperazine rings is 1. The number of allylic oxidation sites excluding steroid dienone is 1. The third kappa shape index (κ3) is 5.81. The molecule has 8 nitrogen and oxygen atoms in total. The SMILES string of the molecule is Cc1cc(-c2ccc(C(=O)N3CCN(C)CC3)cn2)cc2cc(CCC(=O)/C=C/c3ccc(N)nc3)oc12. The molecule has 194 valence electrons. The topological polar surface area (TPSA) is 106 Å². The molecule has 1 aliphatic heterocycles. The lowest BCUT2D eigenvalue weighted by atomic mass is 10.0. The second-order valence-electron chi connectivity index (χ2n) is 9.77. The molecule has 8 heteroatoms. The average molecular weight is 510 g/mol. The second kappa shape index (κ2) is 11.0. The first-order chi connectivity index (χ1) is 18.4. The number of fused-ring (bicyclic) bond motifs is 1. The van der Waals surface area contributed by atoms with Crippen molar-refractivity contribution in [1.82, 2.24) is 19.8 Å². The van der Waals surface area contributed by atoms with Crippen LogP contribution in [0.25, 0.3) is 28.3 Å². The van der Waals surface area contributed by atoms with Crippen molar-refractivity contribution in [3.05, 3.63) is 83.4 Å². The highest BCUT2D eigenvalue weighted by Gasteiger charge is 2.20. The molecule has 4 heterocycles. The molecule has 1 amide bonds. The van der Waals surface area contributed by atoms with E-state index in [0.717, 1.165) is 65.3 Å². The number of pyridine rings is 2. The van der Waals surface area contributed by atoms with E-state index in [1.165, 1.54) is 0 Å². The largest absolute Gasteiger partial charge is 0.461 e. The zero-order valence-electron chi connectivity index (χ0n) is 21.7. The standard InChI is InChI=1S/C30H31N5O3/c1-20-15-23(27-9-5-22(19-32-27)30(37)35-13-11-34(2)12-14-35)16-24-17-26(38-29(20)24)8-7-25(36)6-3-21-4-10-28(31)33-18-21/h3-6,9-10,15-19H,7-8,11-14H2,1-2H3,(H2,31,33)/b6-3+. The van der Waals surface area contributed by atoms with E-state index in [9.17, 15) is 9.59 Å². The number of carbonyl (C=O) groups is 2. The molecule has 38 heavy (non-hydrogen) atoms. The van der Waals surface area contributed by atoms with Crippen molar-refractivity contribution in [3.8, 4) is 11.3 Å². The first-order valence-corrected chi connectivity index (χ1v) is 12.8. The van der Waals surface area contributed by atoms with Crippen LogP contribution in [0.1, 0.15) is 33.7 Å². The van der Waals surface area contributed by atoms with E-state index in [1.807, 2.05) is 48.2 Å². The van der Waals surface area contributed by atoms with Crippen LogP contribution in [0.2, 0.25) is 0 Å². The number of hydrogen-bond donors (Lipinski definition) is 1. The molecule has 1 saturated heterocycles. The molecule has 1 fully saturated rings. The van der Waals surface area contributed by atoms with Crippen LogP contribution < -0.4 is 5.73 Å². The molecule has 0 saturated carbocycles. The van der Waals surface area contributed by atoms with Gasteiger partial charge < -0.3 is 20.0 Å². The first-order valence-electron chi connectivity index (χ1n) is 12.8. The molecule has 1 aliphatic rings. The fourth-order valence-electron chi connectivity index (χ4n) is 4.57. The van der Waals surface area contributed by atoms with E-state index in [0.29, 0.717) is 24.2 Å². The predicted molar refractivity (Wildman–Crippen MR) is 149 cm³/mol. The molecule has 3 aromatic heterocycles. The Hall–Kier alpha value is -4.30. The third-order valence-corrected chi connectivity index (χ3v) is 6.84. The number of ketones is 1. The van der Waals surface area contributed by atoms with Gasteiger partial charge in [0.15, 0.2) is 5.78 Å². The molecule has 0 radical (unpaired) electrons. The van der Waals surface area contributed by atoms with Gasteiger partial charge in [-0.2, -0.15) is 0 Å². The maximum atomic E-state index is 12.8. The van der Waals surface area contributed by atoms with Gasteiger partial charge in [-0.1, -0.05) is 0 Å². The van der Waals surface area contributed by atoms with Crippen LogP contribution in [0.4, 0.5) is 5.82 Å². The molecule has 0 bridgehead atoms. The van der Waals surface area contributed by atoms with Gasteiger partial charge >= 0.3 is 0 Å². The molecule has 2 N–H and O–H groups in total. The Balaban J connectivity index is 1.25. The quantitative estimate of drug-likeness (QED) is 0.369. The number of furan rings is 1. The van der Waals surface area contributed by atoms with Crippen LogP contribution in [0, 0.1) is 6.92 Å². The van der Waals surface area contributed by atoms with Crippen LogP contribution in [0.15, 0.2) is 65.4 Å². The molecule has 0 unspecified atom stereocenters. The monoisotopic (exact) mass is 509 g/mol. The summed E-state index contributed by atoms with van der Waals surface area (Å²) in [6.45, 7) is 5.24. The van der Waals surface area contributed by atoms with Crippen molar-refractivity contribution in [2.24, 2.45) is 0 Å². The summed E-state index contributed by atoms with van der Waals surface area (Å²) in [5.74, 6) is 1.24. The van der Waals surface area contributed by atoms with Gasteiger partial charge in [-0.25, -0.2) is 4.98 Å². The van der Waals surface area contributed by atoms with Crippen molar-refractivity contribution in [2.75, 3.05) is 39.0 Å². The zero-order valence-corrected chi connectivity index (χ0v) is 21.7. The highest BCUT2D eigenvalue weighted by molar-refractivity contribution is 5.95. The number of nitrogen functional groups attached to an aromatic ring is 1. The Morgan fingerprint density at radius 2 is 1.84 bits per heavy atom. The van der Waals surface area contributed by atoms with Crippen molar-refractivity contribution in [3.63, 3.8) is 0 Å². The van der Waals surface area contributed by atoms with Gasteiger partial charge in [-0.05, 0) is 79.7 Å². The lowest BCUT2D eigenvalue weighted by Gasteiger charge is -2.32. The Labute approximate surface area is 221 Å². The van der Waals surface area contributed by atoms with Gasteiger partial charge in [0, 0.05) is 62.4 Å². The van der Waals surface area contributed by atoms with Gasteiger partial charge in [-0.15, -0.1) is 0 Å². The molecular formula is C30H31N5O3. The molecule has 5 rings (SSSR count). The summed E-state index contributed by atoms with van der Waals surface area (Å²) in [5.41, 5.74) is 10.6. The number of nitrogens with zero attached hydrogens (tertiary/aromatic N) is 4. The number of likely N-dealkylation sites (N-methyl/N-ethyl adjacent to an activating group) is 1. The predicted octanol–water partition coefficient (Wildman–Crippen LogP) is 4.38. The van der Waals surface area contributed by atoms with Crippen LogP contribution in [0.3, 0.4) is 0 Å². The summed E-state index contributed by atoms with van der Waals surface area (Å²) in [6, 6.07) is 13.3. The minimum atomic E-state index is 0.00935. The summed E-state index contributed by atoms with van der Waals surface area (Å²) < 4.78 is 6.07. The van der Waals surface area contributed by atoms with E-state index >= 15 is 0 Å². The molecule has 0 atom stereocenters. The molecule has 1 aromatic carbocycles. The Bertz CT molecular complexity index is 1480. The number of amides is 1. The fraction of sp³-hybridized carbons (Fsp3) is 0.267. The highest BCUT2D eigenvalue weighted by Crippen LogP contribution is 2.29. The minimum Gasteiger partial charge on any atom is -0.461 e. The van der Waals surface area contributed by atoms with E-state index < -0.39 is 0 Å². The van der Waals surface area contributed by atoms with Crippen LogP contribution >= 0.6 is 0 Å². The van der Waals surface area contributed by atoms with Crippen LogP contribution in [-0.2, 0) is 11.2 Å². The zero-order chi connectivity index (χ0) is 26.6. The Morgan fingerprint density at radius 1 is 1.03 bits per heavy atom. The summed E-state index contributed by atoms with van der Waals surface area (Å²) in [5, 5.41) is 0.963. The van der Waals surface area contributed by atoms with E-state index in [4.69, 9.17) is 10.2 Å². The van der Waals surface area contributed by atoms with E-state index in [1.54, 1.807) is 30.6 Å². The summed E-state index contributed by atoms with van der Waals surface area (Å²) in [7, 11) is 2.07. The Kier molecular flexibility index (Phi) is 7.33. The summed E-state index contributed by atoms with van der Waals surface area (Å²) >= 11 is 0. The number of benzene rings is 1. The number of aromatic nitrogens is 2.